The highest BCUT2D eigenvalue weighted by Crippen LogP contribution is 2.26. The number of sulfonamides is 1. The summed E-state index contributed by atoms with van der Waals surface area (Å²) in [6.07, 6.45) is 2.19. The molecule has 1 aromatic rings. The Kier molecular flexibility index (Phi) is 5.81. The molecule has 1 amide bonds. The van der Waals surface area contributed by atoms with Crippen LogP contribution in [0.2, 0.25) is 0 Å². The van der Waals surface area contributed by atoms with Gasteiger partial charge >= 0.3 is 0 Å². The molecule has 1 N–H and O–H groups in total. The molecule has 1 aromatic carbocycles. The molecule has 1 fully saturated rings. The van der Waals surface area contributed by atoms with Crippen molar-refractivity contribution in [2.75, 3.05) is 25.4 Å². The molecule has 0 radical (unpaired) electrons. The second-order valence-corrected chi connectivity index (χ2v) is 8.79. The first kappa shape index (κ1) is 17.9. The average molecular weight is 338 g/mol. The zero-order valence-corrected chi connectivity index (χ0v) is 14.7. The fourth-order valence-electron chi connectivity index (χ4n) is 2.87. The van der Waals surface area contributed by atoms with Gasteiger partial charge in [0.1, 0.15) is 0 Å². The Morgan fingerprint density at radius 2 is 1.78 bits per heavy atom. The third-order valence-corrected chi connectivity index (χ3v) is 6.17. The van der Waals surface area contributed by atoms with E-state index in [0.29, 0.717) is 19.5 Å². The number of nitrogens with zero attached hydrogens (tertiary/aromatic N) is 1. The third-order valence-electron chi connectivity index (χ3n) is 4.30. The first-order valence-electron chi connectivity index (χ1n) is 8.11. The van der Waals surface area contributed by atoms with Gasteiger partial charge in [-0.3, -0.25) is 4.79 Å². The maximum Gasteiger partial charge on any atom is 0.220 e. The first-order chi connectivity index (χ1) is 10.8. The predicted octanol–water partition coefficient (Wildman–Crippen LogP) is 1.90. The van der Waals surface area contributed by atoms with E-state index in [2.05, 4.69) is 5.32 Å². The van der Waals surface area contributed by atoms with Gasteiger partial charge in [0.25, 0.3) is 0 Å². The van der Waals surface area contributed by atoms with Crippen LogP contribution in [0.4, 0.5) is 0 Å². The monoisotopic (exact) mass is 338 g/mol. The van der Waals surface area contributed by atoms with Crippen molar-refractivity contribution in [3.05, 3.63) is 35.9 Å². The number of carbonyl (C=O) groups is 1. The Morgan fingerprint density at radius 1 is 1.17 bits per heavy atom. The fourth-order valence-corrected chi connectivity index (χ4v) is 4.30. The topological polar surface area (TPSA) is 66.5 Å². The van der Waals surface area contributed by atoms with Gasteiger partial charge in [-0.2, -0.15) is 0 Å². The van der Waals surface area contributed by atoms with Crippen LogP contribution in [-0.2, 0) is 20.2 Å². The highest BCUT2D eigenvalue weighted by molar-refractivity contribution is 7.89. The van der Waals surface area contributed by atoms with Gasteiger partial charge in [-0.15, -0.1) is 0 Å². The van der Waals surface area contributed by atoms with Crippen molar-refractivity contribution in [2.45, 2.75) is 38.5 Å². The van der Waals surface area contributed by atoms with E-state index in [1.54, 1.807) is 0 Å². The molecule has 0 saturated carbocycles. The van der Waals surface area contributed by atoms with Crippen LogP contribution < -0.4 is 5.32 Å². The Labute approximate surface area is 139 Å². The molecule has 1 saturated heterocycles. The van der Waals surface area contributed by atoms with Gasteiger partial charge in [0.05, 0.1) is 5.75 Å². The molecule has 23 heavy (non-hydrogen) atoms. The molecular formula is C17H26N2O3S. The molecule has 1 aliphatic rings. The van der Waals surface area contributed by atoms with Crippen molar-refractivity contribution in [2.24, 2.45) is 0 Å². The normalized spacial score (nSPS) is 16.4. The first-order valence-corrected chi connectivity index (χ1v) is 9.72. The van der Waals surface area contributed by atoms with Gasteiger partial charge in [0.2, 0.25) is 15.9 Å². The fraction of sp³-hybridized carbons (Fsp3) is 0.588. The number of amides is 1. The van der Waals surface area contributed by atoms with Crippen molar-refractivity contribution < 1.29 is 13.2 Å². The summed E-state index contributed by atoms with van der Waals surface area (Å²) in [5.41, 5.74) is 0.818. The standard InChI is InChI=1S/C17H26N2O3S/c1-17(2,15-8-4-3-5-9-15)14-16(20)18-10-13-23(21,22)19-11-6-7-12-19/h3-5,8-9H,6-7,10-14H2,1-2H3,(H,18,20). The Hall–Kier alpha value is -1.40. The lowest BCUT2D eigenvalue weighted by Crippen LogP contribution is -2.37. The van der Waals surface area contributed by atoms with Crippen molar-refractivity contribution in [1.29, 1.82) is 0 Å². The third kappa shape index (κ3) is 5.04. The van der Waals surface area contributed by atoms with Gasteiger partial charge in [-0.1, -0.05) is 44.2 Å². The largest absolute Gasteiger partial charge is 0.355 e. The maximum absolute atomic E-state index is 12.1. The second-order valence-electron chi connectivity index (χ2n) is 6.70. The maximum atomic E-state index is 12.1. The zero-order chi connectivity index (χ0) is 16.9. The molecule has 0 spiro atoms. The van der Waals surface area contributed by atoms with E-state index in [1.807, 2.05) is 44.2 Å². The van der Waals surface area contributed by atoms with Crippen molar-refractivity contribution in [3.8, 4) is 0 Å². The summed E-state index contributed by atoms with van der Waals surface area (Å²) in [5.74, 6) is -0.139. The summed E-state index contributed by atoms with van der Waals surface area (Å²) < 4.78 is 25.7. The van der Waals surface area contributed by atoms with E-state index in [0.717, 1.165) is 18.4 Å². The lowest BCUT2D eigenvalue weighted by molar-refractivity contribution is -0.122. The van der Waals surface area contributed by atoms with Crippen LogP contribution >= 0.6 is 0 Å². The molecule has 5 nitrogen and oxygen atoms in total. The van der Waals surface area contributed by atoms with E-state index in [9.17, 15) is 13.2 Å². The van der Waals surface area contributed by atoms with Crippen LogP contribution in [0, 0.1) is 0 Å². The van der Waals surface area contributed by atoms with Crippen LogP contribution in [0.15, 0.2) is 30.3 Å². The van der Waals surface area contributed by atoms with Crippen molar-refractivity contribution in [3.63, 3.8) is 0 Å². The van der Waals surface area contributed by atoms with E-state index < -0.39 is 10.0 Å². The molecule has 128 valence electrons. The van der Waals surface area contributed by atoms with E-state index in [1.165, 1.54) is 4.31 Å². The number of rotatable bonds is 7. The number of hydrogen-bond donors (Lipinski definition) is 1. The summed E-state index contributed by atoms with van der Waals surface area (Å²) >= 11 is 0. The Bertz CT molecular complexity index is 620. The molecule has 0 aromatic heterocycles. The highest BCUT2D eigenvalue weighted by Gasteiger charge is 2.26. The molecule has 0 aliphatic carbocycles. The molecule has 0 unspecified atom stereocenters. The van der Waals surface area contributed by atoms with Gasteiger partial charge in [0.15, 0.2) is 0 Å². The minimum absolute atomic E-state index is 0.0233. The van der Waals surface area contributed by atoms with Gasteiger partial charge in [-0.05, 0) is 23.8 Å². The van der Waals surface area contributed by atoms with E-state index in [-0.39, 0.29) is 23.6 Å². The van der Waals surface area contributed by atoms with Gasteiger partial charge in [0, 0.05) is 26.1 Å². The molecule has 0 atom stereocenters. The molecule has 2 rings (SSSR count). The van der Waals surface area contributed by atoms with Crippen LogP contribution in [0.5, 0.6) is 0 Å². The Balaban J connectivity index is 1.81. The summed E-state index contributed by atoms with van der Waals surface area (Å²) in [6.45, 7) is 5.42. The molecule has 1 aliphatic heterocycles. The van der Waals surface area contributed by atoms with E-state index in [4.69, 9.17) is 0 Å². The number of carbonyl (C=O) groups excluding carboxylic acids is 1. The lowest BCUT2D eigenvalue weighted by Gasteiger charge is -2.24. The minimum Gasteiger partial charge on any atom is -0.355 e. The van der Waals surface area contributed by atoms with Crippen LogP contribution in [-0.4, -0.2) is 44.0 Å². The molecule has 0 bridgehead atoms. The smallest absolute Gasteiger partial charge is 0.220 e. The number of nitrogens with one attached hydrogen (secondary N) is 1. The molecule has 1 heterocycles. The number of benzene rings is 1. The van der Waals surface area contributed by atoms with Crippen molar-refractivity contribution in [1.82, 2.24) is 9.62 Å². The minimum atomic E-state index is -3.23. The van der Waals surface area contributed by atoms with Gasteiger partial charge < -0.3 is 5.32 Å². The Morgan fingerprint density at radius 3 is 2.39 bits per heavy atom. The summed E-state index contributed by atoms with van der Waals surface area (Å²) in [4.78, 5) is 12.1. The predicted molar refractivity (Wildman–Crippen MR) is 91.7 cm³/mol. The van der Waals surface area contributed by atoms with Crippen LogP contribution in [0.1, 0.15) is 38.7 Å². The average Bonchev–Trinajstić information content (AvgIpc) is 3.02. The molecule has 6 heteroatoms. The zero-order valence-electron chi connectivity index (χ0n) is 13.9. The van der Waals surface area contributed by atoms with E-state index >= 15 is 0 Å². The van der Waals surface area contributed by atoms with Crippen molar-refractivity contribution >= 4 is 15.9 Å². The highest BCUT2D eigenvalue weighted by atomic mass is 32.2. The SMILES string of the molecule is CC(C)(CC(=O)NCCS(=O)(=O)N1CCCC1)c1ccccc1. The second kappa shape index (κ2) is 7.45. The van der Waals surface area contributed by atoms with Crippen LogP contribution in [0.3, 0.4) is 0 Å². The number of hydrogen-bond acceptors (Lipinski definition) is 3. The summed E-state index contributed by atoms with van der Waals surface area (Å²) in [6, 6.07) is 9.87. The molecular weight excluding hydrogens is 312 g/mol. The summed E-state index contributed by atoms with van der Waals surface area (Å²) in [5, 5.41) is 2.74. The quantitative estimate of drug-likeness (QED) is 0.826. The summed E-state index contributed by atoms with van der Waals surface area (Å²) in [7, 11) is -3.23. The van der Waals surface area contributed by atoms with Crippen LogP contribution in [0.25, 0.3) is 0 Å². The lowest BCUT2D eigenvalue weighted by atomic mass is 9.81. The van der Waals surface area contributed by atoms with Gasteiger partial charge in [-0.25, -0.2) is 12.7 Å².